The lowest BCUT2D eigenvalue weighted by Crippen LogP contribution is -2.20. The molecule has 2 aromatic carbocycles. The lowest BCUT2D eigenvalue weighted by molar-refractivity contribution is 0.106. The minimum Gasteiger partial charge on any atom is -0.493 e. The fraction of sp³-hybridized carbons (Fsp3) is 0.143. The van der Waals surface area contributed by atoms with Crippen molar-refractivity contribution in [3.8, 4) is 11.5 Å². The summed E-state index contributed by atoms with van der Waals surface area (Å²) in [5.74, 6) is 0.961. The van der Waals surface area contributed by atoms with Gasteiger partial charge in [-0.05, 0) is 42.8 Å². The molecule has 28 heavy (non-hydrogen) atoms. The Hall–Kier alpha value is -2.83. The number of ether oxygens (including phenoxy) is 2. The van der Waals surface area contributed by atoms with Gasteiger partial charge >= 0.3 is 0 Å². The Labute approximate surface area is 170 Å². The molecule has 0 bridgehead atoms. The van der Waals surface area contributed by atoms with Crippen LogP contribution in [0.25, 0.3) is 12.2 Å². The predicted molar refractivity (Wildman–Crippen MR) is 112 cm³/mol. The third-order valence-corrected chi connectivity index (χ3v) is 5.16. The lowest BCUT2D eigenvalue weighted by Gasteiger charge is -2.09. The van der Waals surface area contributed by atoms with Crippen molar-refractivity contribution in [2.75, 3.05) is 13.7 Å². The first-order chi connectivity index (χ1) is 13.5. The third-order valence-electron chi connectivity index (χ3n) is 3.87. The zero-order chi connectivity index (χ0) is 20.1. The van der Waals surface area contributed by atoms with Crippen LogP contribution in [0, 0.1) is 0 Å². The first kappa shape index (κ1) is 19.9. The minimum absolute atomic E-state index is 0.266. The van der Waals surface area contributed by atoms with Crippen molar-refractivity contribution in [3.05, 3.63) is 78.2 Å². The van der Waals surface area contributed by atoms with Gasteiger partial charge in [0.15, 0.2) is 17.3 Å². The predicted octanol–water partition coefficient (Wildman–Crippen LogP) is 2.99. The molecule has 0 saturated carbocycles. The van der Waals surface area contributed by atoms with Gasteiger partial charge in [0.1, 0.15) is 0 Å². The minimum atomic E-state index is -0.268. The monoisotopic (exact) mass is 415 g/mol. The van der Waals surface area contributed by atoms with E-state index in [1.165, 1.54) is 17.4 Å². The number of aromatic amines is 1. The molecule has 0 aliphatic heterocycles. The molecule has 144 valence electrons. The second-order valence-electron chi connectivity index (χ2n) is 5.76. The Morgan fingerprint density at radius 1 is 1.21 bits per heavy atom. The van der Waals surface area contributed by atoms with Gasteiger partial charge in [0.05, 0.1) is 27.9 Å². The van der Waals surface area contributed by atoms with Gasteiger partial charge in [0.25, 0.3) is 5.56 Å². The average molecular weight is 416 g/mol. The van der Waals surface area contributed by atoms with Gasteiger partial charge in [0.2, 0.25) is 0 Å². The molecular formula is C21H18ClNO4S. The van der Waals surface area contributed by atoms with Crippen molar-refractivity contribution in [1.82, 2.24) is 4.98 Å². The zero-order valence-corrected chi connectivity index (χ0v) is 16.9. The topological polar surface area (TPSA) is 68.4 Å². The first-order valence-electron chi connectivity index (χ1n) is 8.54. The summed E-state index contributed by atoms with van der Waals surface area (Å²) in [7, 11) is 1.56. The quantitative estimate of drug-likeness (QED) is 0.628. The van der Waals surface area contributed by atoms with Crippen LogP contribution in [0.4, 0.5) is 0 Å². The average Bonchev–Trinajstić information content (AvgIpc) is 3.02. The summed E-state index contributed by atoms with van der Waals surface area (Å²) in [5.41, 5.74) is 0.910. The molecule has 0 unspecified atom stereocenters. The second kappa shape index (κ2) is 8.91. The molecule has 0 aliphatic carbocycles. The van der Waals surface area contributed by atoms with Gasteiger partial charge in [0, 0.05) is 11.6 Å². The van der Waals surface area contributed by atoms with Crippen molar-refractivity contribution in [2.45, 2.75) is 6.92 Å². The number of hydrogen-bond donors (Lipinski definition) is 1. The molecule has 0 fully saturated rings. The standard InChI is InChI=1S/C21H18ClNO4S/c1-3-27-17-9-8-13(10-18(17)26-2)11-19-21(25)23-20(28-19)12-16(24)14-6-4-5-7-15(14)22/h4-12H,3H2,1-2H3,(H,23,25)/b19-11-,20-12-. The van der Waals surface area contributed by atoms with Crippen LogP contribution in [-0.2, 0) is 0 Å². The number of ketones is 1. The molecular weight excluding hydrogens is 398 g/mol. The molecule has 0 spiro atoms. The fourth-order valence-corrected chi connectivity index (χ4v) is 3.70. The molecule has 1 heterocycles. The number of methoxy groups -OCH3 is 1. The largest absolute Gasteiger partial charge is 0.493 e. The number of halogens is 1. The molecule has 3 rings (SSSR count). The first-order valence-corrected chi connectivity index (χ1v) is 9.73. The van der Waals surface area contributed by atoms with Crippen molar-refractivity contribution >= 4 is 40.9 Å². The van der Waals surface area contributed by atoms with E-state index in [2.05, 4.69) is 4.98 Å². The maximum atomic E-state index is 12.4. The van der Waals surface area contributed by atoms with E-state index in [0.717, 1.165) is 5.56 Å². The maximum absolute atomic E-state index is 12.4. The number of aromatic nitrogens is 1. The van der Waals surface area contributed by atoms with Crippen LogP contribution in [0.1, 0.15) is 22.8 Å². The van der Waals surface area contributed by atoms with E-state index in [0.29, 0.717) is 37.9 Å². The number of carbonyl (C=O) groups is 1. The van der Waals surface area contributed by atoms with E-state index in [1.807, 2.05) is 13.0 Å². The van der Waals surface area contributed by atoms with Crippen LogP contribution < -0.4 is 24.2 Å². The van der Waals surface area contributed by atoms with Crippen LogP contribution in [0.5, 0.6) is 11.5 Å². The molecule has 0 aliphatic rings. The number of thiazole rings is 1. The van der Waals surface area contributed by atoms with Crippen LogP contribution in [-0.4, -0.2) is 24.5 Å². The van der Waals surface area contributed by atoms with Crippen molar-refractivity contribution < 1.29 is 14.3 Å². The third kappa shape index (κ3) is 4.52. The Morgan fingerprint density at radius 2 is 2.00 bits per heavy atom. The number of H-pyrrole nitrogens is 1. The molecule has 0 amide bonds. The molecule has 5 nitrogen and oxygen atoms in total. The molecule has 0 atom stereocenters. The summed E-state index contributed by atoms with van der Waals surface area (Å²) in [5, 5.41) is 0.371. The van der Waals surface area contributed by atoms with Gasteiger partial charge < -0.3 is 14.5 Å². The van der Waals surface area contributed by atoms with E-state index >= 15 is 0 Å². The van der Waals surface area contributed by atoms with Crippen molar-refractivity contribution in [1.29, 1.82) is 0 Å². The second-order valence-corrected chi connectivity index (χ2v) is 7.25. The summed E-state index contributed by atoms with van der Waals surface area (Å²) in [6, 6.07) is 12.2. The highest BCUT2D eigenvalue weighted by atomic mass is 35.5. The Balaban J connectivity index is 1.97. The van der Waals surface area contributed by atoms with Gasteiger partial charge in [-0.15, -0.1) is 11.3 Å². The summed E-state index contributed by atoms with van der Waals surface area (Å²) < 4.78 is 11.8. The van der Waals surface area contributed by atoms with E-state index in [4.69, 9.17) is 21.1 Å². The zero-order valence-electron chi connectivity index (χ0n) is 15.3. The summed E-state index contributed by atoms with van der Waals surface area (Å²) in [4.78, 5) is 27.4. The molecule has 1 N–H and O–H groups in total. The van der Waals surface area contributed by atoms with E-state index in [9.17, 15) is 9.59 Å². The van der Waals surface area contributed by atoms with E-state index in [-0.39, 0.29) is 11.3 Å². The van der Waals surface area contributed by atoms with Gasteiger partial charge in [-0.2, -0.15) is 0 Å². The number of hydrogen-bond acceptors (Lipinski definition) is 5. The smallest absolute Gasteiger partial charge is 0.266 e. The van der Waals surface area contributed by atoms with E-state index < -0.39 is 0 Å². The molecule has 1 aromatic heterocycles. The van der Waals surface area contributed by atoms with Gasteiger partial charge in [-0.3, -0.25) is 9.59 Å². The highest BCUT2D eigenvalue weighted by Gasteiger charge is 2.08. The number of Topliss-reactive ketones (excluding diaryl/α,β-unsaturated/α-hetero) is 1. The highest BCUT2D eigenvalue weighted by molar-refractivity contribution is 7.07. The lowest BCUT2D eigenvalue weighted by atomic mass is 10.1. The molecule has 0 saturated heterocycles. The Bertz CT molecular complexity index is 1180. The van der Waals surface area contributed by atoms with Crippen LogP contribution >= 0.6 is 22.9 Å². The highest BCUT2D eigenvalue weighted by Crippen LogP contribution is 2.28. The van der Waals surface area contributed by atoms with Gasteiger partial charge in [-0.25, -0.2) is 0 Å². The Morgan fingerprint density at radius 3 is 2.71 bits per heavy atom. The van der Waals surface area contributed by atoms with Crippen LogP contribution in [0.2, 0.25) is 5.02 Å². The number of benzene rings is 2. The number of carbonyl (C=O) groups excluding carboxylic acids is 1. The molecule has 7 heteroatoms. The van der Waals surface area contributed by atoms with E-state index in [1.54, 1.807) is 49.6 Å². The van der Waals surface area contributed by atoms with Crippen molar-refractivity contribution in [2.24, 2.45) is 0 Å². The molecule has 3 aromatic rings. The summed E-state index contributed by atoms with van der Waals surface area (Å²) in [6.45, 7) is 2.43. The SMILES string of the molecule is CCOc1ccc(/C=c2\s/c(=C\C(=O)c3ccccc3Cl)[nH]c2=O)cc1OC. The Kier molecular flexibility index (Phi) is 6.34. The van der Waals surface area contributed by atoms with Crippen LogP contribution in [0.15, 0.2) is 47.3 Å². The summed E-state index contributed by atoms with van der Waals surface area (Å²) in [6.07, 6.45) is 3.11. The number of nitrogens with one attached hydrogen (secondary N) is 1. The summed E-state index contributed by atoms with van der Waals surface area (Å²) >= 11 is 7.25. The maximum Gasteiger partial charge on any atom is 0.266 e. The van der Waals surface area contributed by atoms with Crippen molar-refractivity contribution in [3.63, 3.8) is 0 Å². The molecule has 0 radical (unpaired) electrons. The normalized spacial score (nSPS) is 12.2. The fourth-order valence-electron chi connectivity index (χ4n) is 2.58. The number of rotatable bonds is 6. The van der Waals surface area contributed by atoms with Crippen LogP contribution in [0.3, 0.4) is 0 Å². The van der Waals surface area contributed by atoms with Gasteiger partial charge in [-0.1, -0.05) is 29.8 Å².